The highest BCUT2D eigenvalue weighted by Gasteiger charge is 2.05. The van der Waals surface area contributed by atoms with E-state index in [4.69, 9.17) is 4.74 Å². The van der Waals surface area contributed by atoms with Gasteiger partial charge in [-0.25, -0.2) is 9.07 Å². The van der Waals surface area contributed by atoms with E-state index < -0.39 is 0 Å². The van der Waals surface area contributed by atoms with E-state index in [1.165, 1.54) is 6.07 Å². The summed E-state index contributed by atoms with van der Waals surface area (Å²) < 4.78 is 20.4. The molecule has 0 radical (unpaired) electrons. The summed E-state index contributed by atoms with van der Waals surface area (Å²) in [5.41, 5.74) is 3.47. The molecular formula is C21H25FIN5O. The number of benzene rings is 2. The fourth-order valence-corrected chi connectivity index (χ4v) is 2.73. The monoisotopic (exact) mass is 509 g/mol. The van der Waals surface area contributed by atoms with Crippen molar-refractivity contribution in [2.24, 2.45) is 4.99 Å². The fourth-order valence-electron chi connectivity index (χ4n) is 2.73. The summed E-state index contributed by atoms with van der Waals surface area (Å²) in [6.45, 7) is 2.84. The summed E-state index contributed by atoms with van der Waals surface area (Å²) in [7, 11) is 3.35. The maximum Gasteiger partial charge on any atom is 0.191 e. The summed E-state index contributed by atoms with van der Waals surface area (Å²) >= 11 is 0. The third kappa shape index (κ3) is 6.18. The normalized spacial score (nSPS) is 11.0. The summed E-state index contributed by atoms with van der Waals surface area (Å²) in [6.07, 6.45) is 1.91. The quantitative estimate of drug-likeness (QED) is 0.302. The van der Waals surface area contributed by atoms with Crippen molar-refractivity contribution in [1.82, 2.24) is 20.4 Å². The van der Waals surface area contributed by atoms with Gasteiger partial charge in [-0.2, -0.15) is 5.10 Å². The van der Waals surface area contributed by atoms with Crippen molar-refractivity contribution in [3.8, 4) is 11.4 Å². The molecule has 29 heavy (non-hydrogen) atoms. The molecule has 0 saturated carbocycles. The Balaban J connectivity index is 0.00000300. The molecule has 2 N–H and O–H groups in total. The first-order valence-corrected chi connectivity index (χ1v) is 8.97. The molecule has 1 heterocycles. The maximum atomic E-state index is 13.4. The third-order valence-corrected chi connectivity index (χ3v) is 4.32. The van der Waals surface area contributed by atoms with E-state index in [2.05, 4.69) is 20.7 Å². The molecule has 0 unspecified atom stereocenters. The van der Waals surface area contributed by atoms with Gasteiger partial charge in [0.2, 0.25) is 0 Å². The van der Waals surface area contributed by atoms with Gasteiger partial charge in [0.1, 0.15) is 11.6 Å². The SMILES string of the molecule is CN=C(NCc1ccc(F)c(C)c1)NCc1ccn(-c2ccc(OC)cc2)n1.I. The molecule has 0 atom stereocenters. The number of halogens is 2. The number of ether oxygens (including phenoxy) is 1. The minimum atomic E-state index is -0.196. The highest BCUT2D eigenvalue weighted by molar-refractivity contribution is 14.0. The van der Waals surface area contributed by atoms with E-state index in [9.17, 15) is 4.39 Å². The smallest absolute Gasteiger partial charge is 0.191 e. The van der Waals surface area contributed by atoms with Crippen molar-refractivity contribution in [2.75, 3.05) is 14.2 Å². The zero-order valence-corrected chi connectivity index (χ0v) is 19.0. The maximum absolute atomic E-state index is 13.4. The van der Waals surface area contributed by atoms with Gasteiger partial charge in [-0.05, 0) is 54.4 Å². The van der Waals surface area contributed by atoms with Crippen molar-refractivity contribution in [2.45, 2.75) is 20.0 Å². The molecule has 0 spiro atoms. The molecule has 154 valence electrons. The molecular weight excluding hydrogens is 484 g/mol. The van der Waals surface area contributed by atoms with Gasteiger partial charge in [0.15, 0.2) is 5.96 Å². The molecule has 0 saturated heterocycles. The highest BCUT2D eigenvalue weighted by Crippen LogP contribution is 2.14. The second-order valence-electron chi connectivity index (χ2n) is 6.31. The molecule has 1 aromatic heterocycles. The summed E-state index contributed by atoms with van der Waals surface area (Å²) in [6, 6.07) is 14.7. The van der Waals surface area contributed by atoms with Crippen LogP contribution in [0.5, 0.6) is 5.75 Å². The number of aromatic nitrogens is 2. The Hall–Kier alpha value is -2.62. The summed E-state index contributed by atoms with van der Waals surface area (Å²) in [5, 5.41) is 11.0. The molecule has 8 heteroatoms. The van der Waals surface area contributed by atoms with Crippen LogP contribution in [0.15, 0.2) is 59.7 Å². The third-order valence-electron chi connectivity index (χ3n) is 4.32. The van der Waals surface area contributed by atoms with Gasteiger partial charge in [0.25, 0.3) is 0 Å². The van der Waals surface area contributed by atoms with Gasteiger partial charge >= 0.3 is 0 Å². The van der Waals surface area contributed by atoms with Crippen LogP contribution in [0.1, 0.15) is 16.8 Å². The average molecular weight is 509 g/mol. The van der Waals surface area contributed by atoms with Crippen LogP contribution in [-0.2, 0) is 13.1 Å². The van der Waals surface area contributed by atoms with Crippen LogP contribution in [0, 0.1) is 12.7 Å². The van der Waals surface area contributed by atoms with Crippen molar-refractivity contribution in [3.05, 3.63) is 77.4 Å². The van der Waals surface area contributed by atoms with E-state index in [-0.39, 0.29) is 29.8 Å². The number of guanidine groups is 1. The molecule has 3 aromatic rings. The molecule has 6 nitrogen and oxygen atoms in total. The zero-order valence-electron chi connectivity index (χ0n) is 16.6. The first-order chi connectivity index (χ1) is 13.6. The van der Waals surface area contributed by atoms with Gasteiger partial charge < -0.3 is 15.4 Å². The Bertz CT molecular complexity index is 956. The number of nitrogens with zero attached hydrogens (tertiary/aromatic N) is 3. The summed E-state index contributed by atoms with van der Waals surface area (Å²) in [5.74, 6) is 1.27. The van der Waals surface area contributed by atoms with Crippen LogP contribution in [-0.4, -0.2) is 29.9 Å². The van der Waals surface area contributed by atoms with Gasteiger partial charge in [-0.15, -0.1) is 24.0 Å². The lowest BCUT2D eigenvalue weighted by atomic mass is 10.1. The molecule has 0 aliphatic rings. The molecule has 0 amide bonds. The summed E-state index contributed by atoms with van der Waals surface area (Å²) in [4.78, 5) is 4.21. The number of hydrogen-bond donors (Lipinski definition) is 2. The Morgan fingerprint density at radius 1 is 1.10 bits per heavy atom. The van der Waals surface area contributed by atoms with Gasteiger partial charge in [0.05, 0.1) is 25.0 Å². The van der Waals surface area contributed by atoms with E-state index >= 15 is 0 Å². The van der Waals surface area contributed by atoms with E-state index in [1.807, 2.05) is 47.3 Å². The molecule has 0 aliphatic heterocycles. The van der Waals surface area contributed by atoms with Crippen LogP contribution in [0.4, 0.5) is 4.39 Å². The minimum absolute atomic E-state index is 0. The number of hydrogen-bond acceptors (Lipinski definition) is 3. The lowest BCUT2D eigenvalue weighted by molar-refractivity contribution is 0.414. The number of nitrogens with one attached hydrogen (secondary N) is 2. The lowest BCUT2D eigenvalue weighted by Crippen LogP contribution is -2.36. The van der Waals surface area contributed by atoms with E-state index in [0.29, 0.717) is 24.6 Å². The fraction of sp³-hybridized carbons (Fsp3) is 0.238. The highest BCUT2D eigenvalue weighted by atomic mass is 127. The average Bonchev–Trinajstić information content (AvgIpc) is 3.20. The predicted molar refractivity (Wildman–Crippen MR) is 124 cm³/mol. The number of methoxy groups -OCH3 is 1. The first kappa shape index (κ1) is 22.7. The lowest BCUT2D eigenvalue weighted by Gasteiger charge is -2.11. The Morgan fingerprint density at radius 3 is 2.48 bits per heavy atom. The molecule has 0 fully saturated rings. The molecule has 0 aliphatic carbocycles. The number of aliphatic imine (C=N–C) groups is 1. The van der Waals surface area contributed by atoms with Crippen molar-refractivity contribution < 1.29 is 9.13 Å². The Morgan fingerprint density at radius 2 is 1.83 bits per heavy atom. The molecule has 2 aromatic carbocycles. The van der Waals surface area contributed by atoms with Gasteiger partial charge in [-0.1, -0.05) is 12.1 Å². The van der Waals surface area contributed by atoms with Crippen LogP contribution >= 0.6 is 24.0 Å². The second kappa shape index (κ2) is 10.8. The Kier molecular flexibility index (Phi) is 8.44. The molecule has 3 rings (SSSR count). The van der Waals surface area contributed by atoms with Crippen LogP contribution in [0.25, 0.3) is 5.69 Å². The van der Waals surface area contributed by atoms with Crippen LogP contribution in [0.2, 0.25) is 0 Å². The van der Waals surface area contributed by atoms with E-state index in [1.54, 1.807) is 27.1 Å². The van der Waals surface area contributed by atoms with Crippen LogP contribution in [0.3, 0.4) is 0 Å². The minimum Gasteiger partial charge on any atom is -0.497 e. The topological polar surface area (TPSA) is 63.5 Å². The van der Waals surface area contributed by atoms with Crippen molar-refractivity contribution in [3.63, 3.8) is 0 Å². The van der Waals surface area contributed by atoms with E-state index in [0.717, 1.165) is 22.7 Å². The first-order valence-electron chi connectivity index (χ1n) is 8.97. The van der Waals surface area contributed by atoms with Gasteiger partial charge in [-0.3, -0.25) is 4.99 Å². The zero-order chi connectivity index (χ0) is 19.9. The van der Waals surface area contributed by atoms with Gasteiger partial charge in [0, 0.05) is 19.8 Å². The number of aryl methyl sites for hydroxylation is 1. The predicted octanol–water partition coefficient (Wildman–Crippen LogP) is 3.81. The standard InChI is InChI=1S/C21H24FN5O.HI/c1-15-12-16(4-9-20(15)22)13-24-21(23-2)25-14-17-10-11-27(26-17)18-5-7-19(28-3)8-6-18;/h4-12H,13-14H2,1-3H3,(H2,23,24,25);1H. The Labute approximate surface area is 187 Å². The molecule has 0 bridgehead atoms. The van der Waals surface area contributed by atoms with Crippen molar-refractivity contribution in [1.29, 1.82) is 0 Å². The van der Waals surface area contributed by atoms with Crippen LogP contribution < -0.4 is 15.4 Å². The largest absolute Gasteiger partial charge is 0.497 e. The van der Waals surface area contributed by atoms with Crippen molar-refractivity contribution >= 4 is 29.9 Å². The second-order valence-corrected chi connectivity index (χ2v) is 6.31. The number of rotatable bonds is 6.